The van der Waals surface area contributed by atoms with Crippen LogP contribution >= 0.6 is 11.6 Å². The molecule has 2 aromatic rings. The summed E-state index contributed by atoms with van der Waals surface area (Å²) in [6.45, 7) is 1.73. The fraction of sp³-hybridized carbons (Fsp3) is 0.435. The molecule has 2 saturated carbocycles. The fourth-order valence-corrected chi connectivity index (χ4v) is 7.48. The molecule has 0 aliphatic heterocycles. The molecule has 0 saturated heterocycles. The van der Waals surface area contributed by atoms with Gasteiger partial charge in [0.1, 0.15) is 5.82 Å². The first kappa shape index (κ1) is 24.9. The van der Waals surface area contributed by atoms with Gasteiger partial charge in [-0.1, -0.05) is 11.6 Å². The number of hydrogen-bond donors (Lipinski definition) is 2. The SMILES string of the molecule is CC1(O)C2CC[C@H]1CC(S(=O)(=O)c1cc(C(=O)Nc3ccc(F)c(C(F)(F)F)c3)ccc1Cl)C2. The minimum absolute atomic E-state index is 0.0811. The molecule has 0 aromatic heterocycles. The van der Waals surface area contributed by atoms with Crippen molar-refractivity contribution in [2.24, 2.45) is 11.8 Å². The zero-order valence-corrected chi connectivity index (χ0v) is 19.6. The van der Waals surface area contributed by atoms with E-state index < -0.39 is 44.2 Å². The lowest BCUT2D eigenvalue weighted by Gasteiger charge is -2.40. The summed E-state index contributed by atoms with van der Waals surface area (Å²) >= 11 is 6.17. The van der Waals surface area contributed by atoms with Crippen LogP contribution in [0.3, 0.4) is 0 Å². The lowest BCUT2D eigenvalue weighted by molar-refractivity contribution is -0.139. The zero-order valence-electron chi connectivity index (χ0n) is 18.0. The van der Waals surface area contributed by atoms with Gasteiger partial charge in [-0.3, -0.25) is 4.79 Å². The monoisotopic (exact) mass is 519 g/mol. The molecule has 2 aliphatic carbocycles. The first-order chi connectivity index (χ1) is 15.7. The highest BCUT2D eigenvalue weighted by Gasteiger charge is 2.53. The standard InChI is InChI=1S/C23H22ClF4NO4S/c1-22(31)13-3-4-14(22)10-16(9-13)34(32,33)20-8-12(2-6-18(20)24)21(30)29-15-5-7-19(25)17(11-15)23(26,27)28/h2,5-8,11,13-14,16,31H,3-4,9-10H2,1H3,(H,29,30)/t13-,14?,16?,22?/m0/s1. The van der Waals surface area contributed by atoms with Gasteiger partial charge < -0.3 is 10.4 Å². The first-order valence-corrected chi connectivity index (χ1v) is 12.6. The third-order valence-corrected chi connectivity index (χ3v) is 9.73. The number of rotatable bonds is 4. The molecule has 3 unspecified atom stereocenters. The van der Waals surface area contributed by atoms with Gasteiger partial charge in [-0.2, -0.15) is 13.2 Å². The van der Waals surface area contributed by atoms with Crippen molar-refractivity contribution in [2.45, 2.75) is 54.5 Å². The number of carbonyl (C=O) groups is 1. The van der Waals surface area contributed by atoms with Crippen molar-refractivity contribution in [1.82, 2.24) is 0 Å². The Morgan fingerprint density at radius 1 is 1.12 bits per heavy atom. The van der Waals surface area contributed by atoms with Gasteiger partial charge in [0.25, 0.3) is 5.91 Å². The van der Waals surface area contributed by atoms with Crippen molar-refractivity contribution < 1.29 is 35.9 Å². The minimum Gasteiger partial charge on any atom is -0.390 e. The molecular formula is C23H22ClF4NO4S. The summed E-state index contributed by atoms with van der Waals surface area (Å²) in [6.07, 6.45) is -2.94. The van der Waals surface area contributed by atoms with Gasteiger partial charge >= 0.3 is 6.18 Å². The Kier molecular flexibility index (Phi) is 6.23. The number of amides is 1. The maximum atomic E-state index is 13.5. The van der Waals surface area contributed by atoms with Crippen molar-refractivity contribution in [3.8, 4) is 0 Å². The number of alkyl halides is 3. The highest BCUT2D eigenvalue weighted by atomic mass is 35.5. The fourth-order valence-electron chi connectivity index (χ4n) is 5.08. The van der Waals surface area contributed by atoms with Crippen molar-refractivity contribution >= 4 is 33.0 Å². The van der Waals surface area contributed by atoms with Gasteiger partial charge in [-0.05, 0) is 80.8 Å². The number of hydrogen-bond acceptors (Lipinski definition) is 4. The van der Waals surface area contributed by atoms with Gasteiger partial charge in [0.2, 0.25) is 0 Å². The second-order valence-electron chi connectivity index (χ2n) is 9.13. The van der Waals surface area contributed by atoms with E-state index in [-0.39, 0.29) is 45.8 Å². The molecule has 2 N–H and O–H groups in total. The molecule has 4 atom stereocenters. The highest BCUT2D eigenvalue weighted by Crippen LogP contribution is 2.51. The molecule has 11 heteroatoms. The van der Waals surface area contributed by atoms with E-state index in [0.717, 1.165) is 25.0 Å². The number of benzene rings is 2. The number of anilines is 1. The number of carbonyl (C=O) groups excluding carboxylic acids is 1. The summed E-state index contributed by atoms with van der Waals surface area (Å²) in [5, 5.41) is 12.0. The minimum atomic E-state index is -4.95. The summed E-state index contributed by atoms with van der Waals surface area (Å²) in [5.74, 6) is -2.67. The zero-order chi connectivity index (χ0) is 25.1. The van der Waals surface area contributed by atoms with Crippen LogP contribution < -0.4 is 5.32 Å². The average molecular weight is 520 g/mol. The van der Waals surface area contributed by atoms with Crippen LogP contribution in [0.25, 0.3) is 0 Å². The average Bonchev–Trinajstić information content (AvgIpc) is 2.91. The molecule has 34 heavy (non-hydrogen) atoms. The second-order valence-corrected chi connectivity index (χ2v) is 11.7. The van der Waals surface area contributed by atoms with Gasteiger partial charge in [0.05, 0.1) is 26.3 Å². The smallest absolute Gasteiger partial charge is 0.390 e. The van der Waals surface area contributed by atoms with Crippen LogP contribution in [-0.4, -0.2) is 30.3 Å². The summed E-state index contributed by atoms with van der Waals surface area (Å²) in [5.41, 5.74) is -2.88. The first-order valence-electron chi connectivity index (χ1n) is 10.6. The summed E-state index contributed by atoms with van der Waals surface area (Å²) in [7, 11) is -3.95. The molecule has 4 rings (SSSR count). The van der Waals surface area contributed by atoms with Crippen LogP contribution in [0.1, 0.15) is 48.5 Å². The van der Waals surface area contributed by atoms with E-state index in [0.29, 0.717) is 12.1 Å². The van der Waals surface area contributed by atoms with E-state index in [1.54, 1.807) is 6.92 Å². The van der Waals surface area contributed by atoms with Gasteiger partial charge in [0, 0.05) is 11.3 Å². The predicted molar refractivity (Wildman–Crippen MR) is 118 cm³/mol. The lowest BCUT2D eigenvalue weighted by Crippen LogP contribution is -2.45. The number of aliphatic hydroxyl groups is 1. The highest BCUT2D eigenvalue weighted by molar-refractivity contribution is 7.92. The van der Waals surface area contributed by atoms with Crippen LogP contribution in [0.15, 0.2) is 41.3 Å². The molecule has 0 spiro atoms. The van der Waals surface area contributed by atoms with Crippen LogP contribution in [0, 0.1) is 17.7 Å². The molecule has 0 radical (unpaired) electrons. The predicted octanol–water partition coefficient (Wildman–Crippen LogP) is 5.46. The van der Waals surface area contributed by atoms with E-state index in [9.17, 15) is 35.9 Å². The van der Waals surface area contributed by atoms with Crippen LogP contribution in [0.2, 0.25) is 5.02 Å². The van der Waals surface area contributed by atoms with Crippen molar-refractivity contribution in [3.63, 3.8) is 0 Å². The Bertz CT molecular complexity index is 1230. The molecule has 2 bridgehead atoms. The van der Waals surface area contributed by atoms with Crippen molar-refractivity contribution in [3.05, 3.63) is 58.4 Å². The van der Waals surface area contributed by atoms with Crippen LogP contribution in [0.4, 0.5) is 23.2 Å². The topological polar surface area (TPSA) is 83.5 Å². The quantitative estimate of drug-likeness (QED) is 0.525. The van der Waals surface area contributed by atoms with E-state index in [1.165, 1.54) is 12.1 Å². The Hall–Kier alpha value is -2.17. The Morgan fingerprint density at radius 2 is 1.74 bits per heavy atom. The summed E-state index contributed by atoms with van der Waals surface area (Å²) in [6, 6.07) is 5.60. The van der Waals surface area contributed by atoms with E-state index >= 15 is 0 Å². The molecule has 0 heterocycles. The van der Waals surface area contributed by atoms with Crippen LogP contribution in [-0.2, 0) is 16.0 Å². The number of halogens is 5. The molecule has 5 nitrogen and oxygen atoms in total. The number of fused-ring (bicyclic) bond motifs is 2. The third kappa shape index (κ3) is 4.43. The Morgan fingerprint density at radius 3 is 2.32 bits per heavy atom. The molecule has 2 aliphatic rings. The van der Waals surface area contributed by atoms with E-state index in [2.05, 4.69) is 5.32 Å². The summed E-state index contributed by atoms with van der Waals surface area (Å²) < 4.78 is 79.2. The normalized spacial score (nSPS) is 27.0. The number of sulfone groups is 1. The van der Waals surface area contributed by atoms with E-state index in [4.69, 9.17) is 11.6 Å². The van der Waals surface area contributed by atoms with Crippen LogP contribution in [0.5, 0.6) is 0 Å². The summed E-state index contributed by atoms with van der Waals surface area (Å²) in [4.78, 5) is 12.4. The molecule has 1 amide bonds. The molecule has 184 valence electrons. The van der Waals surface area contributed by atoms with E-state index in [1.807, 2.05) is 0 Å². The Balaban J connectivity index is 1.60. The van der Waals surface area contributed by atoms with Crippen molar-refractivity contribution in [2.75, 3.05) is 5.32 Å². The maximum Gasteiger partial charge on any atom is 0.419 e. The van der Waals surface area contributed by atoms with Gasteiger partial charge in [-0.25, -0.2) is 12.8 Å². The maximum absolute atomic E-state index is 13.5. The van der Waals surface area contributed by atoms with Gasteiger partial charge in [-0.15, -0.1) is 0 Å². The number of nitrogens with one attached hydrogen (secondary N) is 1. The Labute approximate surface area is 199 Å². The largest absolute Gasteiger partial charge is 0.419 e. The lowest BCUT2D eigenvalue weighted by atomic mass is 9.76. The third-order valence-electron chi connectivity index (χ3n) is 7.08. The second kappa shape index (κ2) is 8.49. The van der Waals surface area contributed by atoms with Gasteiger partial charge in [0.15, 0.2) is 9.84 Å². The molecular weight excluding hydrogens is 498 g/mol. The molecule has 2 fully saturated rings. The van der Waals surface area contributed by atoms with Crippen molar-refractivity contribution in [1.29, 1.82) is 0 Å². The molecule has 2 aromatic carbocycles.